The molecule has 1 aromatic rings. The van der Waals surface area contributed by atoms with Crippen LogP contribution in [-0.4, -0.2) is 68.9 Å². The minimum absolute atomic E-state index is 0.0598. The van der Waals surface area contributed by atoms with Crippen molar-refractivity contribution in [1.82, 2.24) is 30.4 Å². The minimum atomic E-state index is 0.0598. The quantitative estimate of drug-likeness (QED) is 0.695. The maximum Gasteiger partial charge on any atom is 0.221 e. The number of aromatic nitrogens is 4. The van der Waals surface area contributed by atoms with Crippen LogP contribution < -0.4 is 5.32 Å². The summed E-state index contributed by atoms with van der Waals surface area (Å²) < 4.78 is 8.07. The number of carbonyl (C=O) groups is 1. The van der Waals surface area contributed by atoms with Crippen LogP contribution in [0.3, 0.4) is 0 Å². The van der Waals surface area contributed by atoms with Gasteiger partial charge in [0.2, 0.25) is 5.91 Å². The molecule has 0 radical (unpaired) electrons. The van der Waals surface area contributed by atoms with Gasteiger partial charge in [0.15, 0.2) is 0 Å². The van der Waals surface area contributed by atoms with Gasteiger partial charge in [0.05, 0.1) is 18.2 Å². The van der Waals surface area contributed by atoms with Crippen LogP contribution in [0.4, 0.5) is 0 Å². The van der Waals surface area contributed by atoms with Crippen molar-refractivity contribution in [3.63, 3.8) is 0 Å². The predicted molar refractivity (Wildman–Crippen MR) is 99.8 cm³/mol. The first kappa shape index (κ1) is 18.8. The third-order valence-corrected chi connectivity index (χ3v) is 6.60. The summed E-state index contributed by atoms with van der Waals surface area (Å²) in [6, 6.07) is 0. The fourth-order valence-electron chi connectivity index (χ4n) is 5.27. The van der Waals surface area contributed by atoms with E-state index in [-0.39, 0.29) is 11.5 Å². The molecule has 8 heteroatoms. The summed E-state index contributed by atoms with van der Waals surface area (Å²) in [6.07, 6.45) is 7.15. The van der Waals surface area contributed by atoms with Crippen LogP contribution in [0.25, 0.3) is 0 Å². The molecule has 1 N–H and O–H groups in total. The Labute approximate surface area is 161 Å². The summed E-state index contributed by atoms with van der Waals surface area (Å²) in [4.78, 5) is 14.8. The highest BCUT2D eigenvalue weighted by Gasteiger charge is 2.62. The lowest BCUT2D eigenvalue weighted by Crippen LogP contribution is -2.42. The van der Waals surface area contributed by atoms with Crippen molar-refractivity contribution in [3.8, 4) is 0 Å². The Balaban J connectivity index is 1.26. The van der Waals surface area contributed by atoms with Crippen molar-refractivity contribution in [2.24, 2.45) is 17.8 Å². The molecule has 4 heterocycles. The smallest absolute Gasteiger partial charge is 0.221 e. The summed E-state index contributed by atoms with van der Waals surface area (Å²) >= 11 is 0. The third-order valence-electron chi connectivity index (χ3n) is 6.60. The molecule has 1 aromatic heterocycles. The molecule has 3 saturated heterocycles. The van der Waals surface area contributed by atoms with E-state index in [0.29, 0.717) is 30.9 Å². The first-order chi connectivity index (χ1) is 13.1. The van der Waals surface area contributed by atoms with Crippen LogP contribution in [0, 0.1) is 17.8 Å². The van der Waals surface area contributed by atoms with Crippen LogP contribution in [0.1, 0.15) is 46.0 Å². The second-order valence-corrected chi connectivity index (χ2v) is 8.93. The maximum atomic E-state index is 12.2. The zero-order chi connectivity index (χ0) is 18.9. The second kappa shape index (κ2) is 7.83. The summed E-state index contributed by atoms with van der Waals surface area (Å²) in [5.41, 5.74) is 0.0598. The van der Waals surface area contributed by atoms with E-state index < -0.39 is 0 Å². The lowest BCUT2D eigenvalue weighted by molar-refractivity contribution is -0.121. The van der Waals surface area contributed by atoms with Crippen LogP contribution >= 0.6 is 0 Å². The van der Waals surface area contributed by atoms with E-state index >= 15 is 0 Å². The van der Waals surface area contributed by atoms with Gasteiger partial charge in [0.1, 0.15) is 6.33 Å². The number of carbonyl (C=O) groups excluding carboxylic acids is 1. The van der Waals surface area contributed by atoms with Crippen molar-refractivity contribution < 1.29 is 9.53 Å². The number of nitrogens with one attached hydrogen (secondary N) is 1. The van der Waals surface area contributed by atoms with Gasteiger partial charge in [0.25, 0.3) is 0 Å². The lowest BCUT2D eigenvalue weighted by atomic mass is 9.73. The Bertz CT molecular complexity index is 636. The molecular weight excluding hydrogens is 344 g/mol. The molecular formula is C19H32N6O2. The number of hydrogen-bond acceptors (Lipinski definition) is 6. The van der Waals surface area contributed by atoms with E-state index in [1.165, 1.54) is 32.1 Å². The van der Waals surface area contributed by atoms with Gasteiger partial charge >= 0.3 is 0 Å². The molecule has 0 aromatic carbocycles. The van der Waals surface area contributed by atoms with E-state index in [4.69, 9.17) is 4.74 Å². The van der Waals surface area contributed by atoms with E-state index in [1.807, 2.05) is 0 Å². The first-order valence-corrected chi connectivity index (χ1v) is 10.4. The zero-order valence-electron chi connectivity index (χ0n) is 16.5. The SMILES string of the molecule is CC(C)CCCN1C[C@@H]2[C@H](CNC(=O)CCn3cnnn3)[C@H]3CC[C@]2(C1)O3. The van der Waals surface area contributed by atoms with Crippen LogP contribution in [0.15, 0.2) is 6.33 Å². The van der Waals surface area contributed by atoms with Crippen molar-refractivity contribution in [2.75, 3.05) is 26.2 Å². The number of tetrazole rings is 1. The second-order valence-electron chi connectivity index (χ2n) is 8.93. The number of ether oxygens (including phenoxy) is 1. The summed E-state index contributed by atoms with van der Waals surface area (Å²) in [6.45, 7) is 9.21. The number of fused-ring (bicyclic) bond motifs is 1. The van der Waals surface area contributed by atoms with Crippen molar-refractivity contribution >= 4 is 5.91 Å². The van der Waals surface area contributed by atoms with Crippen molar-refractivity contribution in [3.05, 3.63) is 6.33 Å². The van der Waals surface area contributed by atoms with Gasteiger partial charge in [0, 0.05) is 37.9 Å². The molecule has 150 valence electrons. The van der Waals surface area contributed by atoms with E-state index in [1.54, 1.807) is 4.68 Å². The molecule has 0 aliphatic carbocycles. The molecule has 3 aliphatic rings. The fraction of sp³-hybridized carbons (Fsp3) is 0.895. The average Bonchev–Trinajstić information content (AvgIpc) is 3.38. The van der Waals surface area contributed by atoms with Gasteiger partial charge in [-0.05, 0) is 48.6 Å². The molecule has 1 amide bonds. The van der Waals surface area contributed by atoms with E-state index in [0.717, 1.165) is 32.0 Å². The number of hydrogen-bond donors (Lipinski definition) is 1. The molecule has 8 nitrogen and oxygen atoms in total. The fourth-order valence-corrected chi connectivity index (χ4v) is 5.27. The maximum absolute atomic E-state index is 12.2. The number of nitrogens with zero attached hydrogens (tertiary/aromatic N) is 5. The van der Waals surface area contributed by atoms with Gasteiger partial charge < -0.3 is 15.0 Å². The van der Waals surface area contributed by atoms with Crippen LogP contribution in [0.2, 0.25) is 0 Å². The Morgan fingerprint density at radius 2 is 2.30 bits per heavy atom. The number of aryl methyl sites for hydroxylation is 1. The number of amides is 1. The van der Waals surface area contributed by atoms with E-state index in [9.17, 15) is 4.79 Å². The summed E-state index contributed by atoms with van der Waals surface area (Å²) in [7, 11) is 0. The molecule has 1 spiro atoms. The Morgan fingerprint density at radius 3 is 3.07 bits per heavy atom. The monoisotopic (exact) mass is 376 g/mol. The third kappa shape index (κ3) is 4.01. The largest absolute Gasteiger partial charge is 0.370 e. The lowest BCUT2D eigenvalue weighted by Gasteiger charge is -2.29. The molecule has 0 unspecified atom stereocenters. The van der Waals surface area contributed by atoms with Crippen LogP contribution in [0.5, 0.6) is 0 Å². The molecule has 3 aliphatic heterocycles. The average molecular weight is 377 g/mol. The van der Waals surface area contributed by atoms with E-state index in [2.05, 4.69) is 39.6 Å². The first-order valence-electron chi connectivity index (χ1n) is 10.4. The highest BCUT2D eigenvalue weighted by atomic mass is 16.5. The predicted octanol–water partition coefficient (Wildman–Crippen LogP) is 1.10. The van der Waals surface area contributed by atoms with Crippen molar-refractivity contribution in [2.45, 2.75) is 64.2 Å². The molecule has 4 atom stereocenters. The molecule has 0 saturated carbocycles. The molecule has 3 fully saturated rings. The zero-order valence-corrected chi connectivity index (χ0v) is 16.5. The van der Waals surface area contributed by atoms with Gasteiger partial charge in [-0.15, -0.1) is 5.10 Å². The summed E-state index contributed by atoms with van der Waals surface area (Å²) in [5.74, 6) is 1.85. The van der Waals surface area contributed by atoms with Crippen molar-refractivity contribution in [1.29, 1.82) is 0 Å². The van der Waals surface area contributed by atoms with Gasteiger partial charge in [-0.1, -0.05) is 13.8 Å². The van der Waals surface area contributed by atoms with Gasteiger partial charge in [-0.3, -0.25) is 4.79 Å². The normalized spacial score (nSPS) is 32.3. The van der Waals surface area contributed by atoms with Gasteiger partial charge in [-0.25, -0.2) is 4.68 Å². The Hall–Kier alpha value is -1.54. The van der Waals surface area contributed by atoms with Crippen LogP contribution in [-0.2, 0) is 16.1 Å². The number of rotatable bonds is 9. The van der Waals surface area contributed by atoms with Gasteiger partial charge in [-0.2, -0.15) is 0 Å². The topological polar surface area (TPSA) is 85.2 Å². The molecule has 4 rings (SSSR count). The Morgan fingerprint density at radius 1 is 1.41 bits per heavy atom. The highest BCUT2D eigenvalue weighted by Crippen LogP contribution is 2.54. The Kier molecular flexibility index (Phi) is 5.45. The summed E-state index contributed by atoms with van der Waals surface area (Å²) in [5, 5.41) is 14.1. The highest BCUT2D eigenvalue weighted by molar-refractivity contribution is 5.75. The standard InChI is InChI=1S/C19H32N6O2/c1-14(2)4-3-8-24-11-16-15(17-5-7-19(16,12-24)27-17)10-20-18(26)6-9-25-13-21-22-23-25/h13-17H,3-12H2,1-2H3,(H,20,26)/t15-,16+,17+,19+/m0/s1. The molecule has 27 heavy (non-hydrogen) atoms. The number of likely N-dealkylation sites (tertiary alicyclic amines) is 1. The molecule has 2 bridgehead atoms. The minimum Gasteiger partial charge on any atom is -0.370 e.